The summed E-state index contributed by atoms with van der Waals surface area (Å²) in [5.74, 6) is 1.36. The van der Waals surface area contributed by atoms with Crippen molar-refractivity contribution < 1.29 is 4.79 Å². The molecule has 2 fully saturated rings. The Morgan fingerprint density at radius 2 is 1.90 bits per heavy atom. The van der Waals surface area contributed by atoms with Crippen LogP contribution in [0.25, 0.3) is 0 Å². The highest BCUT2D eigenvalue weighted by atomic mass is 16.2. The third-order valence-electron chi connectivity index (χ3n) is 4.57. The Bertz CT molecular complexity index is 472. The molecule has 3 rings (SSSR count). The van der Waals surface area contributed by atoms with E-state index in [0.717, 1.165) is 38.5 Å². The third kappa shape index (κ3) is 3.25. The topological polar surface area (TPSA) is 61.4 Å². The number of rotatable bonds is 2. The number of urea groups is 1. The Morgan fingerprint density at radius 3 is 2.52 bits per heavy atom. The molecule has 21 heavy (non-hydrogen) atoms. The predicted octanol–water partition coefficient (Wildman–Crippen LogP) is 1.50. The van der Waals surface area contributed by atoms with Gasteiger partial charge in [0.05, 0.1) is 0 Å². The number of carbonyl (C=O) groups excluding carboxylic acids is 1. The van der Waals surface area contributed by atoms with Gasteiger partial charge < -0.3 is 15.1 Å². The second-order valence-corrected chi connectivity index (χ2v) is 5.99. The summed E-state index contributed by atoms with van der Waals surface area (Å²) < 4.78 is 0. The summed E-state index contributed by atoms with van der Waals surface area (Å²) in [4.78, 5) is 24.9. The maximum absolute atomic E-state index is 12.3. The maximum atomic E-state index is 12.3. The standard InChI is InChI=1S/C15H23N5O/c1-12-4-2-5-13(12)18-15(21)20-10-8-19(9-11-20)14-16-6-3-7-17-14/h3,6-7,12-13H,2,4-5,8-11H2,1H3,(H,18,21). The van der Waals surface area contributed by atoms with Crippen molar-refractivity contribution in [3.8, 4) is 0 Å². The lowest BCUT2D eigenvalue weighted by atomic mass is 10.1. The van der Waals surface area contributed by atoms with Gasteiger partial charge in [-0.2, -0.15) is 0 Å². The molecule has 2 aliphatic rings. The Labute approximate surface area is 125 Å². The number of amides is 2. The summed E-state index contributed by atoms with van der Waals surface area (Å²) >= 11 is 0. The molecule has 0 aromatic carbocycles. The van der Waals surface area contributed by atoms with Crippen LogP contribution in [0.5, 0.6) is 0 Å². The molecule has 1 aromatic rings. The first-order valence-electron chi connectivity index (χ1n) is 7.81. The zero-order valence-corrected chi connectivity index (χ0v) is 12.5. The van der Waals surface area contributed by atoms with Crippen LogP contribution in [-0.4, -0.2) is 53.1 Å². The van der Waals surface area contributed by atoms with Crippen LogP contribution in [0.1, 0.15) is 26.2 Å². The van der Waals surface area contributed by atoms with Crippen LogP contribution < -0.4 is 10.2 Å². The van der Waals surface area contributed by atoms with E-state index >= 15 is 0 Å². The lowest BCUT2D eigenvalue weighted by molar-refractivity contribution is 0.187. The van der Waals surface area contributed by atoms with Crippen molar-refractivity contribution in [2.24, 2.45) is 5.92 Å². The molecule has 1 saturated carbocycles. The second-order valence-electron chi connectivity index (χ2n) is 5.99. The van der Waals surface area contributed by atoms with E-state index in [2.05, 4.69) is 27.1 Å². The molecular weight excluding hydrogens is 266 g/mol. The van der Waals surface area contributed by atoms with E-state index in [1.54, 1.807) is 12.4 Å². The van der Waals surface area contributed by atoms with E-state index in [1.165, 1.54) is 12.8 Å². The number of hydrogen-bond donors (Lipinski definition) is 1. The zero-order chi connectivity index (χ0) is 14.7. The van der Waals surface area contributed by atoms with Crippen LogP contribution in [0.3, 0.4) is 0 Å². The third-order valence-corrected chi connectivity index (χ3v) is 4.57. The maximum Gasteiger partial charge on any atom is 0.317 e. The lowest BCUT2D eigenvalue weighted by Crippen LogP contribution is -2.54. The van der Waals surface area contributed by atoms with Crippen molar-refractivity contribution in [2.75, 3.05) is 31.1 Å². The van der Waals surface area contributed by atoms with Crippen LogP contribution >= 0.6 is 0 Å². The number of anilines is 1. The highest BCUT2D eigenvalue weighted by molar-refractivity contribution is 5.75. The lowest BCUT2D eigenvalue weighted by Gasteiger charge is -2.35. The molecule has 1 aliphatic heterocycles. The fourth-order valence-corrected chi connectivity index (χ4v) is 3.17. The molecule has 2 unspecified atom stereocenters. The van der Waals surface area contributed by atoms with Gasteiger partial charge in [-0.1, -0.05) is 13.3 Å². The minimum atomic E-state index is 0.0855. The minimum Gasteiger partial charge on any atom is -0.337 e. The van der Waals surface area contributed by atoms with Gasteiger partial charge in [-0.25, -0.2) is 14.8 Å². The molecule has 0 spiro atoms. The van der Waals surface area contributed by atoms with E-state index in [4.69, 9.17) is 0 Å². The van der Waals surface area contributed by atoms with Gasteiger partial charge >= 0.3 is 6.03 Å². The second kappa shape index (κ2) is 6.28. The fourth-order valence-electron chi connectivity index (χ4n) is 3.17. The molecule has 1 N–H and O–H groups in total. The molecule has 2 heterocycles. The van der Waals surface area contributed by atoms with Crippen molar-refractivity contribution in [3.63, 3.8) is 0 Å². The highest BCUT2D eigenvalue weighted by Gasteiger charge is 2.28. The molecular formula is C15H23N5O. The van der Waals surface area contributed by atoms with Crippen molar-refractivity contribution >= 4 is 12.0 Å². The summed E-state index contributed by atoms with van der Waals surface area (Å²) in [7, 11) is 0. The number of nitrogens with zero attached hydrogens (tertiary/aromatic N) is 4. The largest absolute Gasteiger partial charge is 0.337 e. The van der Waals surface area contributed by atoms with Gasteiger partial charge in [-0.3, -0.25) is 0 Å². The van der Waals surface area contributed by atoms with E-state index < -0.39 is 0 Å². The number of nitrogens with one attached hydrogen (secondary N) is 1. The minimum absolute atomic E-state index is 0.0855. The molecule has 6 heteroatoms. The van der Waals surface area contributed by atoms with Gasteiger partial charge in [0.15, 0.2) is 0 Å². The summed E-state index contributed by atoms with van der Waals surface area (Å²) in [5, 5.41) is 3.19. The van der Waals surface area contributed by atoms with Gasteiger partial charge in [0.1, 0.15) is 0 Å². The molecule has 1 aliphatic carbocycles. The Morgan fingerprint density at radius 1 is 1.19 bits per heavy atom. The van der Waals surface area contributed by atoms with Crippen molar-refractivity contribution in [2.45, 2.75) is 32.2 Å². The first kappa shape index (κ1) is 14.1. The Balaban J connectivity index is 1.50. The van der Waals surface area contributed by atoms with Crippen LogP contribution in [0.2, 0.25) is 0 Å². The van der Waals surface area contributed by atoms with E-state index in [1.807, 2.05) is 11.0 Å². The molecule has 1 aromatic heterocycles. The van der Waals surface area contributed by atoms with Gasteiger partial charge in [-0.05, 0) is 24.8 Å². The van der Waals surface area contributed by atoms with Crippen LogP contribution in [0.4, 0.5) is 10.7 Å². The Hall–Kier alpha value is -1.85. The zero-order valence-electron chi connectivity index (χ0n) is 12.5. The normalized spacial score (nSPS) is 26.0. The van der Waals surface area contributed by atoms with E-state index in [-0.39, 0.29) is 6.03 Å². The van der Waals surface area contributed by atoms with Crippen LogP contribution in [0, 0.1) is 5.92 Å². The van der Waals surface area contributed by atoms with Crippen molar-refractivity contribution in [1.29, 1.82) is 0 Å². The summed E-state index contributed by atoms with van der Waals surface area (Å²) in [6.45, 7) is 5.26. The molecule has 6 nitrogen and oxygen atoms in total. The number of aromatic nitrogens is 2. The quantitative estimate of drug-likeness (QED) is 0.896. The molecule has 0 radical (unpaired) electrons. The predicted molar refractivity (Wildman–Crippen MR) is 81.2 cm³/mol. The van der Waals surface area contributed by atoms with Gasteiger partial charge in [0.25, 0.3) is 0 Å². The SMILES string of the molecule is CC1CCCC1NC(=O)N1CCN(c2ncccn2)CC1. The number of carbonyl (C=O) groups is 1. The average Bonchev–Trinajstić information content (AvgIpc) is 2.93. The first-order valence-corrected chi connectivity index (χ1v) is 7.81. The molecule has 114 valence electrons. The summed E-state index contributed by atoms with van der Waals surface area (Å²) in [6, 6.07) is 2.26. The fraction of sp³-hybridized carbons (Fsp3) is 0.667. The van der Waals surface area contributed by atoms with Crippen molar-refractivity contribution in [3.05, 3.63) is 18.5 Å². The van der Waals surface area contributed by atoms with Gasteiger partial charge in [-0.15, -0.1) is 0 Å². The van der Waals surface area contributed by atoms with Gasteiger partial charge in [0.2, 0.25) is 5.95 Å². The Kier molecular flexibility index (Phi) is 4.22. The monoisotopic (exact) mass is 289 g/mol. The highest BCUT2D eigenvalue weighted by Crippen LogP contribution is 2.25. The van der Waals surface area contributed by atoms with E-state index in [9.17, 15) is 4.79 Å². The van der Waals surface area contributed by atoms with Crippen molar-refractivity contribution in [1.82, 2.24) is 20.2 Å². The molecule has 1 saturated heterocycles. The summed E-state index contributed by atoms with van der Waals surface area (Å²) in [5.41, 5.74) is 0. The molecule has 2 amide bonds. The number of piperazine rings is 1. The number of hydrogen-bond acceptors (Lipinski definition) is 4. The van der Waals surface area contributed by atoms with E-state index in [0.29, 0.717) is 12.0 Å². The van der Waals surface area contributed by atoms with Crippen LogP contribution in [-0.2, 0) is 0 Å². The molecule has 0 bridgehead atoms. The first-order chi connectivity index (χ1) is 10.2. The van der Waals surface area contributed by atoms with Gasteiger partial charge in [0, 0.05) is 44.6 Å². The smallest absolute Gasteiger partial charge is 0.317 e. The summed E-state index contributed by atoms with van der Waals surface area (Å²) in [6.07, 6.45) is 7.08. The van der Waals surface area contributed by atoms with Crippen LogP contribution in [0.15, 0.2) is 18.5 Å². The molecule has 2 atom stereocenters. The average molecular weight is 289 g/mol.